The molecule has 0 saturated heterocycles. The zero-order valence-corrected chi connectivity index (χ0v) is 9.55. The van der Waals surface area contributed by atoms with Crippen LogP contribution in [-0.4, -0.2) is 11.5 Å². The molecule has 0 aliphatic rings. The number of benzene rings is 1. The molecule has 0 bridgehead atoms. The Balaban J connectivity index is 2.29. The standard InChI is InChI=1S/C12H14N2S/c1-9-3-2-4-10(7-9)12-14-8-11(15-12)5-6-13/h2-4,7-8H,5-6,13H2,1H3. The van der Waals surface area contributed by atoms with Crippen LogP contribution in [0.2, 0.25) is 0 Å². The van der Waals surface area contributed by atoms with Gasteiger partial charge in [-0.3, -0.25) is 0 Å². The number of nitrogens with two attached hydrogens (primary N) is 1. The molecule has 1 heterocycles. The summed E-state index contributed by atoms with van der Waals surface area (Å²) in [5, 5.41) is 1.09. The maximum Gasteiger partial charge on any atom is 0.123 e. The SMILES string of the molecule is Cc1cccc(-c2ncc(CCN)s2)c1. The predicted octanol–water partition coefficient (Wildman–Crippen LogP) is 2.62. The van der Waals surface area contributed by atoms with Crippen LogP contribution >= 0.6 is 11.3 Å². The van der Waals surface area contributed by atoms with E-state index in [1.165, 1.54) is 16.0 Å². The minimum absolute atomic E-state index is 0.690. The van der Waals surface area contributed by atoms with Crippen molar-refractivity contribution in [1.29, 1.82) is 0 Å². The van der Waals surface area contributed by atoms with Gasteiger partial charge < -0.3 is 5.73 Å². The van der Waals surface area contributed by atoms with Crippen molar-refractivity contribution in [2.45, 2.75) is 13.3 Å². The van der Waals surface area contributed by atoms with Crippen molar-refractivity contribution >= 4 is 11.3 Å². The molecule has 15 heavy (non-hydrogen) atoms. The summed E-state index contributed by atoms with van der Waals surface area (Å²) in [6.07, 6.45) is 2.85. The molecule has 78 valence electrons. The Labute approximate surface area is 93.8 Å². The van der Waals surface area contributed by atoms with Gasteiger partial charge in [0.1, 0.15) is 5.01 Å². The van der Waals surface area contributed by atoms with Crippen LogP contribution < -0.4 is 5.73 Å². The maximum atomic E-state index is 5.51. The minimum atomic E-state index is 0.690. The van der Waals surface area contributed by atoms with Crippen molar-refractivity contribution in [3.05, 3.63) is 40.9 Å². The van der Waals surface area contributed by atoms with E-state index in [0.29, 0.717) is 6.54 Å². The Hall–Kier alpha value is -1.19. The van der Waals surface area contributed by atoms with Gasteiger partial charge in [0.05, 0.1) is 0 Å². The third-order valence-electron chi connectivity index (χ3n) is 2.21. The van der Waals surface area contributed by atoms with Crippen LogP contribution in [0, 0.1) is 6.92 Å². The molecule has 0 aliphatic carbocycles. The summed E-state index contributed by atoms with van der Waals surface area (Å²) in [5.74, 6) is 0. The van der Waals surface area contributed by atoms with E-state index in [1.54, 1.807) is 11.3 Å². The minimum Gasteiger partial charge on any atom is -0.330 e. The van der Waals surface area contributed by atoms with Gasteiger partial charge in [-0.15, -0.1) is 11.3 Å². The van der Waals surface area contributed by atoms with E-state index < -0.39 is 0 Å². The van der Waals surface area contributed by atoms with Crippen LogP contribution in [0.25, 0.3) is 10.6 Å². The fourth-order valence-electron chi connectivity index (χ4n) is 1.48. The summed E-state index contributed by atoms with van der Waals surface area (Å²) in [6.45, 7) is 2.79. The molecule has 2 aromatic rings. The highest BCUT2D eigenvalue weighted by Crippen LogP contribution is 2.25. The Morgan fingerprint density at radius 3 is 3.00 bits per heavy atom. The third kappa shape index (κ3) is 2.43. The zero-order valence-electron chi connectivity index (χ0n) is 8.73. The van der Waals surface area contributed by atoms with Crippen LogP contribution in [-0.2, 0) is 6.42 Å². The van der Waals surface area contributed by atoms with Crippen LogP contribution in [0.15, 0.2) is 30.5 Å². The van der Waals surface area contributed by atoms with E-state index >= 15 is 0 Å². The summed E-state index contributed by atoms with van der Waals surface area (Å²) in [7, 11) is 0. The molecule has 2 rings (SSSR count). The van der Waals surface area contributed by atoms with E-state index in [1.807, 2.05) is 6.20 Å². The number of rotatable bonds is 3. The monoisotopic (exact) mass is 218 g/mol. The zero-order chi connectivity index (χ0) is 10.7. The highest BCUT2D eigenvalue weighted by atomic mass is 32.1. The quantitative estimate of drug-likeness (QED) is 0.860. The van der Waals surface area contributed by atoms with Crippen LogP contribution in [0.4, 0.5) is 0 Å². The lowest BCUT2D eigenvalue weighted by atomic mass is 10.1. The van der Waals surface area contributed by atoms with E-state index in [0.717, 1.165) is 11.4 Å². The number of thiazole rings is 1. The van der Waals surface area contributed by atoms with Crippen LogP contribution in [0.3, 0.4) is 0 Å². The Bertz CT molecular complexity index is 448. The molecule has 0 spiro atoms. The Kier molecular flexibility index (Phi) is 3.14. The largest absolute Gasteiger partial charge is 0.330 e. The summed E-state index contributed by atoms with van der Waals surface area (Å²) >= 11 is 1.73. The van der Waals surface area contributed by atoms with Crippen molar-refractivity contribution in [3.8, 4) is 10.6 Å². The van der Waals surface area contributed by atoms with E-state index in [2.05, 4.69) is 36.2 Å². The van der Waals surface area contributed by atoms with E-state index in [9.17, 15) is 0 Å². The molecule has 0 amide bonds. The van der Waals surface area contributed by atoms with Crippen molar-refractivity contribution in [2.75, 3.05) is 6.54 Å². The molecule has 0 fully saturated rings. The molecule has 0 radical (unpaired) electrons. The van der Waals surface area contributed by atoms with Crippen LogP contribution in [0.1, 0.15) is 10.4 Å². The first-order valence-corrected chi connectivity index (χ1v) is 5.83. The number of nitrogens with zero attached hydrogens (tertiary/aromatic N) is 1. The van der Waals surface area contributed by atoms with Crippen molar-refractivity contribution in [3.63, 3.8) is 0 Å². The second kappa shape index (κ2) is 4.55. The lowest BCUT2D eigenvalue weighted by Gasteiger charge is -1.97. The Morgan fingerprint density at radius 2 is 2.27 bits per heavy atom. The maximum absolute atomic E-state index is 5.51. The summed E-state index contributed by atoms with van der Waals surface area (Å²) in [6, 6.07) is 8.41. The van der Waals surface area contributed by atoms with Gasteiger partial charge in [0.2, 0.25) is 0 Å². The van der Waals surface area contributed by atoms with Gasteiger partial charge in [0.25, 0.3) is 0 Å². The van der Waals surface area contributed by atoms with Gasteiger partial charge in [-0.25, -0.2) is 4.98 Å². The van der Waals surface area contributed by atoms with E-state index in [4.69, 9.17) is 5.73 Å². The number of aryl methyl sites for hydroxylation is 1. The molecule has 0 saturated carbocycles. The lowest BCUT2D eigenvalue weighted by molar-refractivity contribution is 0.984. The van der Waals surface area contributed by atoms with Crippen LogP contribution in [0.5, 0.6) is 0 Å². The third-order valence-corrected chi connectivity index (χ3v) is 3.32. The fraction of sp³-hybridized carbons (Fsp3) is 0.250. The molecular formula is C12H14N2S. The summed E-state index contributed by atoms with van der Waals surface area (Å²) in [5.41, 5.74) is 7.98. The topological polar surface area (TPSA) is 38.9 Å². The second-order valence-electron chi connectivity index (χ2n) is 3.54. The molecular weight excluding hydrogens is 204 g/mol. The van der Waals surface area contributed by atoms with Gasteiger partial charge in [0, 0.05) is 16.6 Å². The molecule has 3 heteroatoms. The van der Waals surface area contributed by atoms with Gasteiger partial charge >= 0.3 is 0 Å². The smallest absolute Gasteiger partial charge is 0.123 e. The first-order valence-electron chi connectivity index (χ1n) is 5.01. The number of hydrogen-bond donors (Lipinski definition) is 1. The molecule has 0 aliphatic heterocycles. The molecule has 0 unspecified atom stereocenters. The fourth-order valence-corrected chi connectivity index (χ4v) is 2.40. The first-order chi connectivity index (χ1) is 7.29. The molecule has 1 aromatic heterocycles. The van der Waals surface area contributed by atoms with Gasteiger partial charge in [-0.05, 0) is 26.0 Å². The summed E-state index contributed by atoms with van der Waals surface area (Å²) < 4.78 is 0. The Morgan fingerprint density at radius 1 is 1.40 bits per heavy atom. The molecule has 0 atom stereocenters. The molecule has 2 N–H and O–H groups in total. The van der Waals surface area contributed by atoms with Crippen molar-refractivity contribution < 1.29 is 0 Å². The lowest BCUT2D eigenvalue weighted by Crippen LogP contribution is -2.00. The van der Waals surface area contributed by atoms with E-state index in [-0.39, 0.29) is 0 Å². The summed E-state index contributed by atoms with van der Waals surface area (Å²) in [4.78, 5) is 5.67. The highest BCUT2D eigenvalue weighted by Gasteiger charge is 2.03. The average molecular weight is 218 g/mol. The average Bonchev–Trinajstić information content (AvgIpc) is 2.67. The molecule has 2 nitrogen and oxygen atoms in total. The van der Waals surface area contributed by atoms with Gasteiger partial charge in [0.15, 0.2) is 0 Å². The normalized spacial score (nSPS) is 10.5. The molecule has 1 aromatic carbocycles. The second-order valence-corrected chi connectivity index (χ2v) is 4.66. The van der Waals surface area contributed by atoms with Gasteiger partial charge in [-0.2, -0.15) is 0 Å². The number of aromatic nitrogens is 1. The van der Waals surface area contributed by atoms with Crippen molar-refractivity contribution in [1.82, 2.24) is 4.98 Å². The first kappa shape index (κ1) is 10.3. The van der Waals surface area contributed by atoms with Crippen molar-refractivity contribution in [2.24, 2.45) is 5.73 Å². The predicted molar refractivity (Wildman–Crippen MR) is 65.0 cm³/mol. The highest BCUT2D eigenvalue weighted by molar-refractivity contribution is 7.15. The number of hydrogen-bond acceptors (Lipinski definition) is 3. The van der Waals surface area contributed by atoms with Gasteiger partial charge in [-0.1, -0.05) is 23.8 Å².